The molecule has 1 aliphatic rings. The van der Waals surface area contributed by atoms with Gasteiger partial charge in [0.05, 0.1) is 6.10 Å². The molecule has 0 aromatic heterocycles. The van der Waals surface area contributed by atoms with E-state index in [-0.39, 0.29) is 17.8 Å². The predicted molar refractivity (Wildman–Crippen MR) is 66.4 cm³/mol. The van der Waals surface area contributed by atoms with E-state index in [1.54, 1.807) is 0 Å². The average Bonchev–Trinajstić information content (AvgIpc) is 2.29. The van der Waals surface area contributed by atoms with Gasteiger partial charge in [-0.05, 0) is 37.8 Å². The first-order valence-corrected chi connectivity index (χ1v) is 6.44. The summed E-state index contributed by atoms with van der Waals surface area (Å²) in [6.45, 7) is 0. The Bertz CT molecular complexity index is 381. The molecule has 86 valence electrons. The zero-order valence-electron chi connectivity index (χ0n) is 9.03. The van der Waals surface area contributed by atoms with Gasteiger partial charge < -0.3 is 5.11 Å². The molecule has 0 radical (unpaired) electrons. The minimum Gasteiger partial charge on any atom is -0.393 e. The van der Waals surface area contributed by atoms with E-state index in [0.29, 0.717) is 0 Å². The molecule has 16 heavy (non-hydrogen) atoms. The summed E-state index contributed by atoms with van der Waals surface area (Å²) >= 11 is 3.37. The van der Waals surface area contributed by atoms with Crippen LogP contribution in [0.2, 0.25) is 0 Å². The summed E-state index contributed by atoms with van der Waals surface area (Å²) in [6.07, 6.45) is 2.93. The molecule has 1 saturated carbocycles. The Morgan fingerprint density at radius 3 is 2.56 bits per heavy atom. The number of rotatable bonds is 2. The number of Topliss-reactive ketones (excluding diaryl/α,β-unsaturated/α-hetero) is 1. The lowest BCUT2D eigenvalue weighted by Crippen LogP contribution is -2.24. The van der Waals surface area contributed by atoms with E-state index in [0.717, 1.165) is 35.7 Å². The number of ketones is 1. The fourth-order valence-electron chi connectivity index (χ4n) is 2.22. The number of benzene rings is 1. The van der Waals surface area contributed by atoms with Gasteiger partial charge in [-0.25, -0.2) is 0 Å². The summed E-state index contributed by atoms with van der Waals surface area (Å²) in [5.41, 5.74) is 0.774. The van der Waals surface area contributed by atoms with Gasteiger partial charge in [-0.2, -0.15) is 0 Å². The van der Waals surface area contributed by atoms with Crippen LogP contribution in [0.15, 0.2) is 28.7 Å². The first-order chi connectivity index (χ1) is 7.66. The second-order valence-electron chi connectivity index (χ2n) is 4.38. The Kier molecular flexibility index (Phi) is 3.77. The van der Waals surface area contributed by atoms with E-state index in [1.165, 1.54) is 0 Å². The molecule has 2 rings (SSSR count). The quantitative estimate of drug-likeness (QED) is 0.846. The zero-order valence-corrected chi connectivity index (χ0v) is 10.6. The molecule has 0 unspecified atom stereocenters. The van der Waals surface area contributed by atoms with Gasteiger partial charge in [-0.3, -0.25) is 4.79 Å². The molecule has 1 aromatic rings. The van der Waals surface area contributed by atoms with Gasteiger partial charge in [0.25, 0.3) is 0 Å². The van der Waals surface area contributed by atoms with Crippen molar-refractivity contribution in [3.8, 4) is 0 Å². The van der Waals surface area contributed by atoms with Crippen LogP contribution in [0.25, 0.3) is 0 Å². The maximum absolute atomic E-state index is 12.2. The highest BCUT2D eigenvalue weighted by Gasteiger charge is 2.25. The lowest BCUT2D eigenvalue weighted by molar-refractivity contribution is 0.0764. The first-order valence-electron chi connectivity index (χ1n) is 5.64. The molecule has 3 heteroatoms. The largest absolute Gasteiger partial charge is 0.393 e. The zero-order chi connectivity index (χ0) is 11.5. The molecule has 1 aromatic carbocycles. The molecule has 2 nitrogen and oxygen atoms in total. The minimum absolute atomic E-state index is 0.0951. The van der Waals surface area contributed by atoms with Crippen molar-refractivity contribution in [2.45, 2.75) is 31.8 Å². The van der Waals surface area contributed by atoms with E-state index >= 15 is 0 Å². The maximum Gasteiger partial charge on any atom is 0.165 e. The minimum atomic E-state index is -0.202. The third kappa shape index (κ3) is 2.71. The molecule has 0 heterocycles. The van der Waals surface area contributed by atoms with E-state index in [4.69, 9.17) is 0 Å². The van der Waals surface area contributed by atoms with Crippen LogP contribution in [0.3, 0.4) is 0 Å². The van der Waals surface area contributed by atoms with Crippen LogP contribution >= 0.6 is 15.9 Å². The Balaban J connectivity index is 2.08. The van der Waals surface area contributed by atoms with Gasteiger partial charge in [0, 0.05) is 16.0 Å². The standard InChI is InChI=1S/C13H15BrO2/c14-11-3-1-2-10(8-11)13(16)9-4-6-12(15)7-5-9/h1-3,8-9,12,15H,4-7H2. The Morgan fingerprint density at radius 2 is 1.94 bits per heavy atom. The number of hydrogen-bond donors (Lipinski definition) is 1. The van der Waals surface area contributed by atoms with Crippen molar-refractivity contribution >= 4 is 21.7 Å². The fourth-order valence-corrected chi connectivity index (χ4v) is 2.61. The molecular weight excluding hydrogens is 268 g/mol. The molecule has 0 atom stereocenters. The summed E-state index contributed by atoms with van der Waals surface area (Å²) in [7, 11) is 0. The molecule has 0 bridgehead atoms. The van der Waals surface area contributed by atoms with Crippen molar-refractivity contribution in [2.24, 2.45) is 5.92 Å². The number of hydrogen-bond acceptors (Lipinski definition) is 2. The van der Waals surface area contributed by atoms with E-state index in [9.17, 15) is 9.90 Å². The van der Waals surface area contributed by atoms with E-state index in [1.807, 2.05) is 24.3 Å². The third-order valence-electron chi connectivity index (χ3n) is 3.18. The summed E-state index contributed by atoms with van der Waals surface area (Å²) in [4.78, 5) is 12.2. The number of carbonyl (C=O) groups is 1. The second kappa shape index (κ2) is 5.11. The molecule has 0 aliphatic heterocycles. The summed E-state index contributed by atoms with van der Waals surface area (Å²) in [6, 6.07) is 7.53. The van der Waals surface area contributed by atoms with Crippen molar-refractivity contribution < 1.29 is 9.90 Å². The highest BCUT2D eigenvalue weighted by Crippen LogP contribution is 2.27. The van der Waals surface area contributed by atoms with Crippen LogP contribution in [0.5, 0.6) is 0 Å². The lowest BCUT2D eigenvalue weighted by Gasteiger charge is -2.24. The molecule has 1 aliphatic carbocycles. The van der Waals surface area contributed by atoms with Crippen LogP contribution in [0.1, 0.15) is 36.0 Å². The Labute approximate surface area is 104 Å². The van der Waals surface area contributed by atoms with Gasteiger partial charge in [-0.15, -0.1) is 0 Å². The highest BCUT2D eigenvalue weighted by molar-refractivity contribution is 9.10. The van der Waals surface area contributed by atoms with Gasteiger partial charge >= 0.3 is 0 Å². The monoisotopic (exact) mass is 282 g/mol. The molecule has 1 fully saturated rings. The van der Waals surface area contributed by atoms with Gasteiger partial charge in [0.15, 0.2) is 5.78 Å². The van der Waals surface area contributed by atoms with Crippen LogP contribution in [-0.2, 0) is 0 Å². The number of aliphatic hydroxyl groups excluding tert-OH is 1. The average molecular weight is 283 g/mol. The van der Waals surface area contributed by atoms with Gasteiger partial charge in [0.2, 0.25) is 0 Å². The van der Waals surface area contributed by atoms with Crippen LogP contribution in [0.4, 0.5) is 0 Å². The fraction of sp³-hybridized carbons (Fsp3) is 0.462. The Hall–Kier alpha value is -0.670. The lowest BCUT2D eigenvalue weighted by atomic mass is 9.82. The smallest absolute Gasteiger partial charge is 0.165 e. The van der Waals surface area contributed by atoms with Gasteiger partial charge in [-0.1, -0.05) is 28.1 Å². The first kappa shape index (κ1) is 11.8. The van der Waals surface area contributed by atoms with Crippen molar-refractivity contribution in [1.29, 1.82) is 0 Å². The van der Waals surface area contributed by atoms with Crippen molar-refractivity contribution in [3.05, 3.63) is 34.3 Å². The number of carbonyl (C=O) groups excluding carboxylic acids is 1. The van der Waals surface area contributed by atoms with Crippen LogP contribution in [0, 0.1) is 5.92 Å². The van der Waals surface area contributed by atoms with E-state index in [2.05, 4.69) is 15.9 Å². The highest BCUT2D eigenvalue weighted by atomic mass is 79.9. The van der Waals surface area contributed by atoms with Gasteiger partial charge in [0.1, 0.15) is 0 Å². The van der Waals surface area contributed by atoms with Crippen LogP contribution < -0.4 is 0 Å². The Morgan fingerprint density at radius 1 is 1.25 bits per heavy atom. The van der Waals surface area contributed by atoms with Crippen molar-refractivity contribution in [3.63, 3.8) is 0 Å². The topological polar surface area (TPSA) is 37.3 Å². The predicted octanol–water partition coefficient (Wildman–Crippen LogP) is 3.18. The van der Waals surface area contributed by atoms with Crippen molar-refractivity contribution in [1.82, 2.24) is 0 Å². The summed E-state index contributed by atoms with van der Waals surface area (Å²) in [5, 5.41) is 9.40. The molecule has 0 spiro atoms. The number of halogens is 1. The summed E-state index contributed by atoms with van der Waals surface area (Å²) in [5.74, 6) is 0.311. The van der Waals surface area contributed by atoms with E-state index < -0.39 is 0 Å². The van der Waals surface area contributed by atoms with Crippen LogP contribution in [-0.4, -0.2) is 17.0 Å². The molecule has 0 saturated heterocycles. The third-order valence-corrected chi connectivity index (χ3v) is 3.67. The van der Waals surface area contributed by atoms with Crippen molar-refractivity contribution in [2.75, 3.05) is 0 Å². The number of aliphatic hydroxyl groups is 1. The maximum atomic E-state index is 12.2. The normalized spacial score (nSPS) is 25.4. The molecular formula is C13H15BrO2. The summed E-state index contributed by atoms with van der Waals surface area (Å²) < 4.78 is 0.939. The SMILES string of the molecule is O=C(c1cccc(Br)c1)C1CCC(O)CC1. The second-order valence-corrected chi connectivity index (χ2v) is 5.30. The molecule has 0 amide bonds. The molecule has 1 N–H and O–H groups in total.